The summed E-state index contributed by atoms with van der Waals surface area (Å²) in [6.45, 7) is -0.0501. The Morgan fingerprint density at radius 3 is 2.57 bits per heavy atom. The van der Waals surface area contributed by atoms with Crippen LogP contribution in [0.4, 0.5) is 4.39 Å². The van der Waals surface area contributed by atoms with Crippen LogP contribution < -0.4 is 0 Å². The molecule has 0 radical (unpaired) electrons. The van der Waals surface area contributed by atoms with E-state index in [0.29, 0.717) is 5.92 Å². The molecule has 0 aromatic heterocycles. The van der Waals surface area contributed by atoms with Crippen LogP contribution in [0.5, 0.6) is 0 Å². The first-order valence-electron chi connectivity index (χ1n) is 6.12. The number of hydrogen-bond donors (Lipinski definition) is 0. The van der Waals surface area contributed by atoms with Crippen molar-refractivity contribution >= 4 is 0 Å². The highest BCUT2D eigenvalue weighted by molar-refractivity contribution is 5.20. The number of halogens is 1. The number of fused-ring (bicyclic) bond motifs is 9. The summed E-state index contributed by atoms with van der Waals surface area (Å²) in [6.07, 6.45) is 8.86. The maximum absolute atomic E-state index is 12.8. The summed E-state index contributed by atoms with van der Waals surface area (Å²) in [6, 6.07) is 0. The second kappa shape index (κ2) is 2.43. The Labute approximate surface area is 84.6 Å². The molecule has 0 heterocycles. The van der Waals surface area contributed by atoms with Gasteiger partial charge >= 0.3 is 0 Å². The molecule has 14 heavy (non-hydrogen) atoms. The molecule has 0 spiro atoms. The second-order valence-corrected chi connectivity index (χ2v) is 5.91. The molecule has 76 valence electrons. The van der Waals surface area contributed by atoms with Crippen molar-refractivity contribution in [3.8, 4) is 0 Å². The monoisotopic (exact) mass is 192 g/mol. The van der Waals surface area contributed by atoms with E-state index in [4.69, 9.17) is 0 Å². The molecule has 7 atom stereocenters. The van der Waals surface area contributed by atoms with Crippen LogP contribution in [0, 0.1) is 41.4 Å². The van der Waals surface area contributed by atoms with Gasteiger partial charge in [0, 0.05) is 0 Å². The second-order valence-electron chi connectivity index (χ2n) is 5.91. The Hall–Kier alpha value is -0.330. The average molecular weight is 192 g/mol. The van der Waals surface area contributed by atoms with E-state index in [9.17, 15) is 4.39 Å². The van der Waals surface area contributed by atoms with Crippen molar-refractivity contribution in [1.29, 1.82) is 0 Å². The third kappa shape index (κ3) is 0.730. The van der Waals surface area contributed by atoms with Crippen molar-refractivity contribution in [2.75, 3.05) is 6.67 Å². The predicted octanol–water partition coefficient (Wildman–Crippen LogP) is 3.05. The first kappa shape index (κ1) is 7.90. The maximum atomic E-state index is 12.8. The van der Waals surface area contributed by atoms with Gasteiger partial charge in [-0.15, -0.1) is 0 Å². The number of hydrogen-bond acceptors (Lipinski definition) is 0. The molecule has 0 amide bonds. The van der Waals surface area contributed by atoms with Gasteiger partial charge < -0.3 is 0 Å². The van der Waals surface area contributed by atoms with Gasteiger partial charge in [-0.05, 0) is 60.7 Å². The van der Waals surface area contributed by atoms with Crippen LogP contribution in [-0.4, -0.2) is 6.67 Å². The molecule has 0 nitrogen and oxygen atoms in total. The Morgan fingerprint density at radius 1 is 1.00 bits per heavy atom. The standard InChI is InChI=1S/C13H17F/c14-6-10-4-9-5-11(10)13-8-2-1-7(3-8)12(9)13/h1-2,7-13H,3-6H2/t7-,8+,9+,10+,11+,12?,13?/m0/s1. The summed E-state index contributed by atoms with van der Waals surface area (Å²) >= 11 is 0. The molecule has 0 saturated heterocycles. The predicted molar refractivity (Wildman–Crippen MR) is 53.4 cm³/mol. The van der Waals surface area contributed by atoms with Crippen molar-refractivity contribution in [3.63, 3.8) is 0 Å². The average Bonchev–Trinajstić information content (AvgIpc) is 2.94. The summed E-state index contributed by atoms with van der Waals surface area (Å²) < 4.78 is 12.8. The van der Waals surface area contributed by atoms with E-state index in [1.807, 2.05) is 0 Å². The van der Waals surface area contributed by atoms with Gasteiger partial charge in [-0.25, -0.2) is 0 Å². The minimum atomic E-state index is -0.0501. The highest BCUT2D eigenvalue weighted by atomic mass is 19.1. The van der Waals surface area contributed by atoms with Crippen LogP contribution in [0.15, 0.2) is 12.2 Å². The molecular weight excluding hydrogens is 175 g/mol. The molecule has 3 fully saturated rings. The Morgan fingerprint density at radius 2 is 1.79 bits per heavy atom. The molecule has 0 N–H and O–H groups in total. The van der Waals surface area contributed by atoms with E-state index in [1.54, 1.807) is 0 Å². The molecule has 4 aliphatic rings. The van der Waals surface area contributed by atoms with Crippen LogP contribution in [0.1, 0.15) is 19.3 Å². The van der Waals surface area contributed by atoms with Crippen molar-refractivity contribution in [3.05, 3.63) is 12.2 Å². The SMILES string of the molecule is FC[C@H]1C[C@@H]2C[C@H]1C1C2[C@H]2C=C[C@@H]1C2. The van der Waals surface area contributed by atoms with Crippen LogP contribution in [0.25, 0.3) is 0 Å². The van der Waals surface area contributed by atoms with Crippen LogP contribution >= 0.6 is 0 Å². The van der Waals surface area contributed by atoms with Crippen LogP contribution in [0.2, 0.25) is 0 Å². The van der Waals surface area contributed by atoms with Crippen LogP contribution in [0.3, 0.4) is 0 Å². The van der Waals surface area contributed by atoms with Crippen molar-refractivity contribution in [1.82, 2.24) is 0 Å². The van der Waals surface area contributed by atoms with E-state index in [-0.39, 0.29) is 6.67 Å². The lowest BCUT2D eigenvalue weighted by Gasteiger charge is -2.35. The van der Waals surface area contributed by atoms with E-state index >= 15 is 0 Å². The normalized spacial score (nSPS) is 62.5. The smallest absolute Gasteiger partial charge is 0.0925 e. The first-order valence-corrected chi connectivity index (χ1v) is 6.12. The highest BCUT2D eigenvalue weighted by Crippen LogP contribution is 2.66. The number of allylic oxidation sites excluding steroid dienone is 2. The zero-order chi connectivity index (χ0) is 9.28. The molecule has 0 aliphatic heterocycles. The largest absolute Gasteiger partial charge is 0.251 e. The van der Waals surface area contributed by atoms with E-state index in [2.05, 4.69) is 12.2 Å². The highest BCUT2D eigenvalue weighted by Gasteiger charge is 2.60. The topological polar surface area (TPSA) is 0 Å². The number of alkyl halides is 1. The number of rotatable bonds is 1. The molecule has 4 aliphatic carbocycles. The molecule has 3 saturated carbocycles. The molecule has 2 unspecified atom stereocenters. The van der Waals surface area contributed by atoms with Gasteiger partial charge in [-0.1, -0.05) is 12.2 Å². The Bertz CT molecular complexity index is 296. The van der Waals surface area contributed by atoms with Gasteiger partial charge in [0.1, 0.15) is 0 Å². The molecule has 4 rings (SSSR count). The fourth-order valence-electron chi connectivity index (χ4n) is 5.33. The molecule has 0 aromatic rings. The first-order chi connectivity index (χ1) is 6.88. The summed E-state index contributed by atoms with van der Waals surface area (Å²) in [5.74, 6) is 5.69. The minimum Gasteiger partial charge on any atom is -0.251 e. The third-order valence-corrected chi connectivity index (χ3v) is 5.61. The van der Waals surface area contributed by atoms with Gasteiger partial charge in [0.05, 0.1) is 6.67 Å². The quantitative estimate of drug-likeness (QED) is 0.442. The van der Waals surface area contributed by atoms with Gasteiger partial charge in [0.25, 0.3) is 0 Å². The van der Waals surface area contributed by atoms with Gasteiger partial charge in [-0.3, -0.25) is 4.39 Å². The molecule has 0 aromatic carbocycles. The molecular formula is C13H17F. The molecule has 4 bridgehead atoms. The van der Waals surface area contributed by atoms with E-state index < -0.39 is 0 Å². The summed E-state index contributed by atoms with van der Waals surface area (Å²) in [4.78, 5) is 0. The van der Waals surface area contributed by atoms with Crippen molar-refractivity contribution in [2.45, 2.75) is 19.3 Å². The maximum Gasteiger partial charge on any atom is 0.0925 e. The Balaban J connectivity index is 1.72. The zero-order valence-corrected chi connectivity index (χ0v) is 8.40. The summed E-state index contributed by atoms with van der Waals surface area (Å²) in [7, 11) is 0. The lowest BCUT2D eigenvalue weighted by molar-refractivity contribution is 0.130. The van der Waals surface area contributed by atoms with Gasteiger partial charge in [0.15, 0.2) is 0 Å². The van der Waals surface area contributed by atoms with Gasteiger partial charge in [0.2, 0.25) is 0 Å². The third-order valence-electron chi connectivity index (χ3n) is 5.61. The minimum absolute atomic E-state index is 0.0501. The van der Waals surface area contributed by atoms with E-state index in [1.165, 1.54) is 19.3 Å². The lowest BCUT2D eigenvalue weighted by atomic mass is 9.70. The Kier molecular flexibility index (Phi) is 1.37. The van der Waals surface area contributed by atoms with Crippen molar-refractivity contribution < 1.29 is 4.39 Å². The fourth-order valence-corrected chi connectivity index (χ4v) is 5.33. The van der Waals surface area contributed by atoms with Gasteiger partial charge in [-0.2, -0.15) is 0 Å². The molecule has 1 heteroatoms. The van der Waals surface area contributed by atoms with E-state index in [0.717, 1.165) is 35.5 Å². The summed E-state index contributed by atoms with van der Waals surface area (Å²) in [5.41, 5.74) is 0. The lowest BCUT2D eigenvalue weighted by Crippen LogP contribution is -2.31. The van der Waals surface area contributed by atoms with Crippen molar-refractivity contribution in [2.24, 2.45) is 41.4 Å². The van der Waals surface area contributed by atoms with Crippen LogP contribution in [-0.2, 0) is 0 Å². The zero-order valence-electron chi connectivity index (χ0n) is 8.40. The fraction of sp³-hybridized carbons (Fsp3) is 0.846. The summed E-state index contributed by atoms with van der Waals surface area (Å²) in [5, 5.41) is 0.